The van der Waals surface area contributed by atoms with Crippen molar-refractivity contribution < 1.29 is 8.42 Å². The van der Waals surface area contributed by atoms with Crippen LogP contribution in [-0.2, 0) is 10.0 Å². The molecule has 0 spiro atoms. The third kappa shape index (κ3) is 5.75. The van der Waals surface area contributed by atoms with Crippen molar-refractivity contribution >= 4 is 21.8 Å². The molecule has 4 nitrogen and oxygen atoms in total. The number of hydrogen-bond donors (Lipinski definition) is 2. The lowest BCUT2D eigenvalue weighted by Crippen LogP contribution is -2.39. The molecule has 1 saturated heterocycles. The van der Waals surface area contributed by atoms with E-state index in [9.17, 15) is 8.42 Å². The minimum Gasteiger partial charge on any atom is -0.312 e. The van der Waals surface area contributed by atoms with Crippen LogP contribution in [0.5, 0.6) is 0 Å². The number of nitrogens with one attached hydrogen (secondary N) is 2. The van der Waals surface area contributed by atoms with Gasteiger partial charge in [-0.1, -0.05) is 6.92 Å². The van der Waals surface area contributed by atoms with E-state index < -0.39 is 10.0 Å². The van der Waals surface area contributed by atoms with E-state index in [-0.39, 0.29) is 5.75 Å². The molecule has 15 heavy (non-hydrogen) atoms. The standard InChI is InChI=1S/C9H20N2O2S2/c1-2-11-15(12,13)7-5-10-9-4-3-6-14-8-9/h9-11H,2-8H2,1H3. The highest BCUT2D eigenvalue weighted by Gasteiger charge is 2.14. The molecule has 0 aromatic rings. The number of rotatable bonds is 6. The van der Waals surface area contributed by atoms with Gasteiger partial charge in [-0.05, 0) is 18.6 Å². The number of hydrogen-bond acceptors (Lipinski definition) is 4. The van der Waals surface area contributed by atoms with Gasteiger partial charge in [-0.3, -0.25) is 0 Å². The summed E-state index contributed by atoms with van der Waals surface area (Å²) >= 11 is 1.94. The Morgan fingerprint density at radius 2 is 2.27 bits per heavy atom. The molecule has 1 rings (SSSR count). The van der Waals surface area contributed by atoms with Crippen LogP contribution in [-0.4, -0.2) is 44.8 Å². The molecule has 0 bridgehead atoms. The van der Waals surface area contributed by atoms with E-state index in [1.165, 1.54) is 18.6 Å². The second-order valence-electron chi connectivity index (χ2n) is 3.68. The fourth-order valence-corrected chi connectivity index (χ4v) is 3.67. The van der Waals surface area contributed by atoms with Crippen molar-refractivity contribution in [1.82, 2.24) is 10.0 Å². The average molecular weight is 252 g/mol. The maximum absolute atomic E-state index is 11.3. The summed E-state index contributed by atoms with van der Waals surface area (Å²) in [4.78, 5) is 0. The molecule has 2 N–H and O–H groups in total. The lowest BCUT2D eigenvalue weighted by atomic mass is 10.2. The summed E-state index contributed by atoms with van der Waals surface area (Å²) in [6.45, 7) is 2.82. The molecule has 90 valence electrons. The first-order chi connectivity index (χ1) is 7.14. The second kappa shape index (κ2) is 6.73. The zero-order valence-electron chi connectivity index (χ0n) is 9.16. The van der Waals surface area contributed by atoms with Crippen LogP contribution in [0.1, 0.15) is 19.8 Å². The van der Waals surface area contributed by atoms with Gasteiger partial charge in [-0.25, -0.2) is 13.1 Å². The first-order valence-corrected chi connectivity index (χ1v) is 8.23. The van der Waals surface area contributed by atoms with Crippen LogP contribution in [0, 0.1) is 0 Å². The van der Waals surface area contributed by atoms with Crippen molar-refractivity contribution in [2.24, 2.45) is 0 Å². The lowest BCUT2D eigenvalue weighted by molar-refractivity contribution is 0.518. The van der Waals surface area contributed by atoms with E-state index >= 15 is 0 Å². The molecule has 1 aliphatic rings. The zero-order valence-corrected chi connectivity index (χ0v) is 10.8. The first-order valence-electron chi connectivity index (χ1n) is 5.42. The van der Waals surface area contributed by atoms with Gasteiger partial charge in [0.15, 0.2) is 0 Å². The largest absolute Gasteiger partial charge is 0.312 e. The normalized spacial score (nSPS) is 22.9. The van der Waals surface area contributed by atoms with Gasteiger partial charge in [-0.15, -0.1) is 0 Å². The van der Waals surface area contributed by atoms with Gasteiger partial charge in [-0.2, -0.15) is 11.8 Å². The molecule has 0 aliphatic carbocycles. The van der Waals surface area contributed by atoms with Gasteiger partial charge < -0.3 is 5.32 Å². The quantitative estimate of drug-likeness (QED) is 0.719. The van der Waals surface area contributed by atoms with Crippen molar-refractivity contribution in [3.8, 4) is 0 Å². The van der Waals surface area contributed by atoms with E-state index in [1.807, 2.05) is 11.8 Å². The van der Waals surface area contributed by atoms with Crippen molar-refractivity contribution in [2.45, 2.75) is 25.8 Å². The Bertz CT molecular complexity index is 261. The second-order valence-corrected chi connectivity index (χ2v) is 6.76. The molecule has 1 aliphatic heterocycles. The molecule has 0 aromatic heterocycles. The lowest BCUT2D eigenvalue weighted by Gasteiger charge is -2.22. The molecule has 1 fully saturated rings. The third-order valence-corrected chi connectivity index (χ3v) is 5.01. The highest BCUT2D eigenvalue weighted by Crippen LogP contribution is 2.16. The summed E-state index contributed by atoms with van der Waals surface area (Å²) in [6.07, 6.45) is 2.41. The predicted octanol–water partition coefficient (Wildman–Crippen LogP) is 0.411. The molecule has 1 unspecified atom stereocenters. The van der Waals surface area contributed by atoms with Crippen molar-refractivity contribution in [2.75, 3.05) is 30.3 Å². The van der Waals surface area contributed by atoms with Crippen LogP contribution < -0.4 is 10.0 Å². The van der Waals surface area contributed by atoms with Crippen LogP contribution >= 0.6 is 11.8 Å². The Hall–Kier alpha value is 0.220. The molecule has 0 aromatic carbocycles. The maximum Gasteiger partial charge on any atom is 0.212 e. The summed E-state index contributed by atoms with van der Waals surface area (Å²) in [5.41, 5.74) is 0. The number of thioether (sulfide) groups is 1. The maximum atomic E-state index is 11.3. The van der Waals surface area contributed by atoms with Gasteiger partial charge in [0.2, 0.25) is 10.0 Å². The van der Waals surface area contributed by atoms with Gasteiger partial charge in [0.05, 0.1) is 5.75 Å². The molecule has 1 atom stereocenters. The Morgan fingerprint density at radius 1 is 1.47 bits per heavy atom. The summed E-state index contributed by atoms with van der Waals surface area (Å²) in [5, 5.41) is 3.30. The van der Waals surface area contributed by atoms with E-state index in [4.69, 9.17) is 0 Å². The van der Waals surface area contributed by atoms with E-state index in [1.54, 1.807) is 6.92 Å². The summed E-state index contributed by atoms with van der Waals surface area (Å²) in [6, 6.07) is 0.501. The molecule has 1 heterocycles. The molecular weight excluding hydrogens is 232 g/mol. The van der Waals surface area contributed by atoms with Crippen LogP contribution in [0.25, 0.3) is 0 Å². The van der Waals surface area contributed by atoms with Gasteiger partial charge in [0.1, 0.15) is 0 Å². The molecule has 0 radical (unpaired) electrons. The molecular formula is C9H20N2O2S2. The van der Waals surface area contributed by atoms with E-state index in [0.717, 1.165) is 5.75 Å². The van der Waals surface area contributed by atoms with Crippen LogP contribution in [0.2, 0.25) is 0 Å². The topological polar surface area (TPSA) is 58.2 Å². The molecule has 6 heteroatoms. The Morgan fingerprint density at radius 3 is 2.87 bits per heavy atom. The minimum atomic E-state index is -3.05. The Labute approximate surface area is 96.6 Å². The smallest absolute Gasteiger partial charge is 0.212 e. The van der Waals surface area contributed by atoms with Crippen LogP contribution in [0.4, 0.5) is 0 Å². The van der Waals surface area contributed by atoms with Crippen LogP contribution in [0.3, 0.4) is 0 Å². The van der Waals surface area contributed by atoms with E-state index in [2.05, 4.69) is 10.0 Å². The highest BCUT2D eigenvalue weighted by molar-refractivity contribution is 7.99. The van der Waals surface area contributed by atoms with Crippen molar-refractivity contribution in [3.63, 3.8) is 0 Å². The Kier molecular flexibility index (Phi) is 5.96. The van der Waals surface area contributed by atoms with Crippen molar-refractivity contribution in [1.29, 1.82) is 0 Å². The third-order valence-electron chi connectivity index (χ3n) is 2.33. The Balaban J connectivity index is 2.14. The fourth-order valence-electron chi connectivity index (χ4n) is 1.59. The average Bonchev–Trinajstić information content (AvgIpc) is 2.19. The highest BCUT2D eigenvalue weighted by atomic mass is 32.2. The fraction of sp³-hybridized carbons (Fsp3) is 1.00. The SMILES string of the molecule is CCNS(=O)(=O)CCNC1CCCSC1. The molecule has 0 amide bonds. The van der Waals surface area contributed by atoms with Gasteiger partial charge in [0.25, 0.3) is 0 Å². The van der Waals surface area contributed by atoms with Crippen molar-refractivity contribution in [3.05, 3.63) is 0 Å². The summed E-state index contributed by atoms with van der Waals surface area (Å²) < 4.78 is 25.1. The summed E-state index contributed by atoms with van der Waals surface area (Å²) in [5.74, 6) is 2.54. The minimum absolute atomic E-state index is 0.183. The first kappa shape index (κ1) is 13.3. The van der Waals surface area contributed by atoms with Gasteiger partial charge >= 0.3 is 0 Å². The predicted molar refractivity (Wildman–Crippen MR) is 65.8 cm³/mol. The monoisotopic (exact) mass is 252 g/mol. The summed E-state index contributed by atoms with van der Waals surface area (Å²) in [7, 11) is -3.05. The van der Waals surface area contributed by atoms with Crippen LogP contribution in [0.15, 0.2) is 0 Å². The number of sulfonamides is 1. The van der Waals surface area contributed by atoms with Gasteiger partial charge in [0, 0.05) is 24.9 Å². The zero-order chi connectivity index (χ0) is 11.1. The molecule has 0 saturated carbocycles. The van der Waals surface area contributed by atoms with E-state index in [0.29, 0.717) is 19.1 Å².